The molecule has 0 aromatic rings. The van der Waals surface area contributed by atoms with E-state index in [2.05, 4.69) is 34.6 Å². The average Bonchev–Trinajstić information content (AvgIpc) is 1.85. The van der Waals surface area contributed by atoms with Gasteiger partial charge >= 0.3 is 0 Å². The average molecular weight is 421 g/mol. The van der Waals surface area contributed by atoms with Gasteiger partial charge in [0.05, 0.1) is 0 Å². The van der Waals surface area contributed by atoms with Crippen molar-refractivity contribution in [2.45, 2.75) is 40.0 Å². The van der Waals surface area contributed by atoms with Crippen LogP contribution in [0.4, 0.5) is 0 Å². The first-order valence-corrected chi connectivity index (χ1v) is 4.72. The second-order valence-electron chi connectivity index (χ2n) is 3.96. The van der Waals surface area contributed by atoms with Crippen LogP contribution in [-0.4, -0.2) is 0 Å². The van der Waals surface area contributed by atoms with Crippen molar-refractivity contribution in [3.63, 3.8) is 0 Å². The molecule has 14 heavy (non-hydrogen) atoms. The van der Waals surface area contributed by atoms with Gasteiger partial charge in [0.2, 0.25) is 0 Å². The Bertz CT molecular complexity index is 94.5. The van der Waals surface area contributed by atoms with Gasteiger partial charge in [0, 0.05) is 98.1 Å². The topological polar surface area (TPSA) is 0 Å². The van der Waals surface area contributed by atoms with Crippen LogP contribution in [0.15, 0.2) is 0 Å². The van der Waals surface area contributed by atoms with E-state index in [0.29, 0.717) is 11.8 Å². The van der Waals surface area contributed by atoms with E-state index in [4.69, 9.17) is 0 Å². The second-order valence-corrected chi connectivity index (χ2v) is 3.96. The van der Waals surface area contributed by atoms with Gasteiger partial charge in [-0.2, -0.15) is 11.8 Å². The molecule has 2 unspecified atom stereocenters. The first-order chi connectivity index (χ1) is 5.06. The molecule has 0 saturated heterocycles. The van der Waals surface area contributed by atoms with E-state index < -0.39 is 0 Å². The molecule has 0 aliphatic heterocycles. The van der Waals surface area contributed by atoms with Gasteiger partial charge in [-0.1, -0.05) is 33.6 Å². The van der Waals surface area contributed by atoms with Crippen molar-refractivity contribution in [3.05, 3.63) is 13.8 Å². The summed E-state index contributed by atoms with van der Waals surface area (Å²) in [6.07, 6.45) is 3.71. The van der Waals surface area contributed by atoms with Gasteiger partial charge < -0.3 is 13.8 Å². The summed E-state index contributed by atoms with van der Waals surface area (Å²) in [5.41, 5.74) is 0. The third kappa shape index (κ3) is 17.7. The molecule has 3 atom stereocenters. The molecule has 0 rings (SSSR count). The summed E-state index contributed by atoms with van der Waals surface area (Å²) in [6, 6.07) is 0. The standard InChI is InChI=1S/C11H22.3Y/c1-6-10(4)8-11(5)7-9(2)3;;;/h9-11H,2,5-8H2,1,3-4H3;;;/q-2;;;/t9?,10?,11-;;;/m0.../s1. The third-order valence-corrected chi connectivity index (χ3v) is 2.17. The monoisotopic (exact) mass is 421 g/mol. The minimum absolute atomic E-state index is 0. The van der Waals surface area contributed by atoms with E-state index in [9.17, 15) is 0 Å². The fourth-order valence-electron chi connectivity index (χ4n) is 1.40. The summed E-state index contributed by atoms with van der Waals surface area (Å²) in [4.78, 5) is 0. The Balaban J connectivity index is -0.000000167. The van der Waals surface area contributed by atoms with Gasteiger partial charge in [-0.05, 0) is 5.92 Å². The quantitative estimate of drug-likeness (QED) is 0.594. The summed E-state index contributed by atoms with van der Waals surface area (Å²) in [6.45, 7) is 14.8. The summed E-state index contributed by atoms with van der Waals surface area (Å²) in [7, 11) is 0. The van der Waals surface area contributed by atoms with Crippen LogP contribution in [0.25, 0.3) is 0 Å². The van der Waals surface area contributed by atoms with Gasteiger partial charge in [0.1, 0.15) is 0 Å². The van der Waals surface area contributed by atoms with Crippen molar-refractivity contribution in [2.75, 3.05) is 0 Å². The first kappa shape index (κ1) is 26.0. The van der Waals surface area contributed by atoms with E-state index in [0.717, 1.165) is 5.92 Å². The molecule has 0 nitrogen and oxygen atoms in total. The molecule has 0 spiro atoms. The van der Waals surface area contributed by atoms with Crippen molar-refractivity contribution in [2.24, 2.45) is 17.8 Å². The zero-order valence-corrected chi connectivity index (χ0v) is 18.5. The molecule has 0 saturated carbocycles. The maximum atomic E-state index is 4.13. The Morgan fingerprint density at radius 1 is 0.929 bits per heavy atom. The van der Waals surface area contributed by atoms with Crippen LogP contribution < -0.4 is 0 Å². The number of hydrogen-bond acceptors (Lipinski definition) is 0. The minimum Gasteiger partial charge on any atom is -0.341 e. The van der Waals surface area contributed by atoms with Crippen LogP contribution in [0.1, 0.15) is 40.0 Å². The van der Waals surface area contributed by atoms with E-state index in [1.807, 2.05) is 0 Å². The molecule has 3 radical (unpaired) electrons. The molecule has 0 heterocycles. The van der Waals surface area contributed by atoms with Crippen molar-refractivity contribution in [1.29, 1.82) is 0 Å². The van der Waals surface area contributed by atoms with E-state index in [1.165, 1.54) is 19.3 Å². The molecule has 0 amide bonds. The van der Waals surface area contributed by atoms with E-state index in [1.54, 1.807) is 0 Å². The van der Waals surface area contributed by atoms with Gasteiger partial charge in [0.25, 0.3) is 0 Å². The SMILES string of the molecule is [CH2-]C(C)C[C@H]([CH2-])CC(C)CC.[Y].[Y].[Y]. The fraction of sp³-hybridized carbons (Fsp3) is 0.818. The summed E-state index contributed by atoms with van der Waals surface area (Å²) in [5.74, 6) is 2.00. The Kier molecular flexibility index (Phi) is 30.3. The van der Waals surface area contributed by atoms with Crippen molar-refractivity contribution < 1.29 is 98.1 Å². The maximum absolute atomic E-state index is 4.13. The summed E-state index contributed by atoms with van der Waals surface area (Å²) >= 11 is 0. The molecule has 0 aliphatic carbocycles. The maximum Gasteiger partial charge on any atom is 0 e. The Morgan fingerprint density at radius 3 is 1.64 bits per heavy atom. The van der Waals surface area contributed by atoms with Crippen LogP contribution in [-0.2, 0) is 98.1 Å². The molecule has 3 heteroatoms. The number of rotatable bonds is 5. The smallest absolute Gasteiger partial charge is 0 e. The Labute approximate surface area is 167 Å². The molecule has 0 N–H and O–H groups in total. The van der Waals surface area contributed by atoms with Crippen LogP contribution in [0.3, 0.4) is 0 Å². The predicted octanol–water partition coefficient (Wildman–Crippen LogP) is 3.73. The molecule has 0 aliphatic rings. The van der Waals surface area contributed by atoms with Gasteiger partial charge in [-0.15, -0.1) is 6.42 Å². The zero-order valence-electron chi connectivity index (χ0n) is 10.00. The van der Waals surface area contributed by atoms with E-state index >= 15 is 0 Å². The summed E-state index contributed by atoms with van der Waals surface area (Å²) in [5, 5.41) is 0. The van der Waals surface area contributed by atoms with Crippen molar-refractivity contribution >= 4 is 0 Å². The van der Waals surface area contributed by atoms with Crippen molar-refractivity contribution in [1.82, 2.24) is 0 Å². The molecular formula is C11H22Y3-2. The van der Waals surface area contributed by atoms with Gasteiger partial charge in [-0.25, -0.2) is 0 Å². The molecule has 0 bridgehead atoms. The number of hydrogen-bond donors (Lipinski definition) is 0. The van der Waals surface area contributed by atoms with E-state index in [-0.39, 0.29) is 98.1 Å². The van der Waals surface area contributed by atoms with Crippen molar-refractivity contribution in [3.8, 4) is 0 Å². The van der Waals surface area contributed by atoms with Gasteiger partial charge in [-0.3, -0.25) is 0 Å². The first-order valence-electron chi connectivity index (χ1n) is 4.72. The normalized spacial score (nSPS) is 15.2. The second kappa shape index (κ2) is 16.3. The van der Waals surface area contributed by atoms with Crippen LogP contribution in [0.2, 0.25) is 0 Å². The zero-order chi connectivity index (χ0) is 8.85. The van der Waals surface area contributed by atoms with Crippen LogP contribution in [0, 0.1) is 31.6 Å². The largest absolute Gasteiger partial charge is 0.341 e. The van der Waals surface area contributed by atoms with Gasteiger partial charge in [0.15, 0.2) is 0 Å². The fourth-order valence-corrected chi connectivity index (χ4v) is 1.40. The summed E-state index contributed by atoms with van der Waals surface area (Å²) < 4.78 is 0. The predicted molar refractivity (Wildman–Crippen MR) is 52.1 cm³/mol. The molecule has 77 valence electrons. The third-order valence-electron chi connectivity index (χ3n) is 2.17. The molecule has 0 aromatic heterocycles. The molecular weight excluding hydrogens is 399 g/mol. The van der Waals surface area contributed by atoms with Crippen LogP contribution >= 0.6 is 0 Å². The minimum atomic E-state index is 0. The Morgan fingerprint density at radius 2 is 1.36 bits per heavy atom. The Hall–Kier alpha value is 3.31. The van der Waals surface area contributed by atoms with Crippen LogP contribution in [0.5, 0.6) is 0 Å². The molecule has 0 fully saturated rings. The molecule has 0 aromatic carbocycles.